The zero-order valence-corrected chi connectivity index (χ0v) is 9.24. The normalized spacial score (nSPS) is 12.1. The lowest BCUT2D eigenvalue weighted by atomic mass is 10.2. The van der Waals surface area contributed by atoms with Crippen LogP contribution < -0.4 is 10.5 Å². The minimum absolute atomic E-state index is 0.127. The lowest BCUT2D eigenvalue weighted by molar-refractivity contribution is 0.589. The predicted octanol–water partition coefficient (Wildman–Crippen LogP) is 0.430. The van der Waals surface area contributed by atoms with Crippen molar-refractivity contribution in [3.63, 3.8) is 0 Å². The smallest absolute Gasteiger partial charge is 0.252 e. The lowest BCUT2D eigenvalue weighted by Crippen LogP contribution is -2.24. The average molecular weight is 237 g/mol. The van der Waals surface area contributed by atoms with Gasteiger partial charge in [-0.3, -0.25) is 0 Å². The van der Waals surface area contributed by atoms with E-state index in [1.165, 1.54) is 6.07 Å². The molecule has 3 N–H and O–H groups in total. The minimum atomic E-state index is -3.80. The molecule has 0 heterocycles. The van der Waals surface area contributed by atoms with Crippen LogP contribution >= 0.6 is 0 Å². The highest BCUT2D eigenvalue weighted by atomic mass is 32.2. The molecule has 0 atom stereocenters. The zero-order chi connectivity index (χ0) is 12.0. The van der Waals surface area contributed by atoms with Crippen LogP contribution in [0, 0.1) is 11.3 Å². The van der Waals surface area contributed by atoms with E-state index < -0.39 is 14.9 Å². The fourth-order valence-electron chi connectivity index (χ4n) is 1.04. The molecule has 5 nitrogen and oxygen atoms in total. The molecule has 0 aliphatic carbocycles. The van der Waals surface area contributed by atoms with Crippen LogP contribution in [0.1, 0.15) is 5.56 Å². The number of nitrogens with two attached hydrogens (primary N) is 1. The van der Waals surface area contributed by atoms with Gasteiger partial charge in [-0.15, -0.1) is 0 Å². The second-order valence-electron chi connectivity index (χ2n) is 2.95. The fraction of sp³-hybridized carbons (Fsp3) is 0.100. The number of nitrogens with zero attached hydrogens (tertiary/aromatic N) is 1. The van der Waals surface area contributed by atoms with E-state index in [9.17, 15) is 8.42 Å². The van der Waals surface area contributed by atoms with Crippen LogP contribution in [0.4, 0.5) is 0 Å². The largest absolute Gasteiger partial charge is 0.403 e. The lowest BCUT2D eigenvalue weighted by Gasteiger charge is -2.04. The summed E-state index contributed by atoms with van der Waals surface area (Å²) >= 11 is 0. The molecule has 0 spiro atoms. The van der Waals surface area contributed by atoms with Crippen LogP contribution in [0.5, 0.6) is 0 Å². The van der Waals surface area contributed by atoms with Crippen LogP contribution in [0.25, 0.3) is 0 Å². The van der Waals surface area contributed by atoms with Gasteiger partial charge in [0, 0.05) is 12.7 Å². The van der Waals surface area contributed by atoms with Crippen molar-refractivity contribution in [3.05, 3.63) is 47.0 Å². The third kappa shape index (κ3) is 3.08. The summed E-state index contributed by atoms with van der Waals surface area (Å²) in [4.78, 5) is -0.483. The van der Waals surface area contributed by atoms with Gasteiger partial charge in [-0.25, -0.2) is 13.1 Å². The molecule has 0 unspecified atom stereocenters. The van der Waals surface area contributed by atoms with E-state index in [0.717, 1.165) is 11.8 Å². The topological polar surface area (TPSA) is 96.0 Å². The minimum Gasteiger partial charge on any atom is -0.403 e. The Morgan fingerprint density at radius 1 is 1.44 bits per heavy atom. The molecular formula is C10H11N3O2S. The van der Waals surface area contributed by atoms with Crippen LogP contribution in [0.2, 0.25) is 0 Å². The van der Waals surface area contributed by atoms with Gasteiger partial charge in [-0.2, -0.15) is 5.26 Å². The second-order valence-corrected chi connectivity index (χ2v) is 4.69. The van der Waals surface area contributed by atoms with Crippen LogP contribution in [0.3, 0.4) is 0 Å². The molecule has 16 heavy (non-hydrogen) atoms. The highest BCUT2D eigenvalue weighted by Crippen LogP contribution is 2.04. The van der Waals surface area contributed by atoms with Crippen molar-refractivity contribution in [2.45, 2.75) is 6.54 Å². The molecule has 6 heteroatoms. The van der Waals surface area contributed by atoms with Crippen molar-refractivity contribution in [1.82, 2.24) is 4.72 Å². The third-order valence-corrected chi connectivity index (χ3v) is 3.19. The molecule has 0 saturated carbocycles. The Labute approximate surface area is 94.2 Å². The molecular weight excluding hydrogens is 226 g/mol. The summed E-state index contributed by atoms with van der Waals surface area (Å²) in [5.41, 5.74) is 5.84. The van der Waals surface area contributed by atoms with Gasteiger partial charge in [0.05, 0.1) is 0 Å². The zero-order valence-electron chi connectivity index (χ0n) is 8.42. The van der Waals surface area contributed by atoms with E-state index >= 15 is 0 Å². The number of hydrogen-bond donors (Lipinski definition) is 2. The summed E-state index contributed by atoms with van der Waals surface area (Å²) in [5, 5.41) is 8.54. The number of benzene rings is 1. The second kappa shape index (κ2) is 5.30. The Kier molecular flexibility index (Phi) is 4.05. The Balaban J connectivity index is 2.74. The van der Waals surface area contributed by atoms with Crippen molar-refractivity contribution in [1.29, 1.82) is 5.26 Å². The summed E-state index contributed by atoms with van der Waals surface area (Å²) in [7, 11) is -3.80. The van der Waals surface area contributed by atoms with Crippen LogP contribution in [0.15, 0.2) is 41.4 Å². The third-order valence-electron chi connectivity index (χ3n) is 1.86. The Morgan fingerprint density at radius 3 is 2.56 bits per heavy atom. The molecule has 0 bridgehead atoms. The van der Waals surface area contributed by atoms with Gasteiger partial charge in [-0.1, -0.05) is 30.3 Å². The molecule has 0 aliphatic heterocycles. The summed E-state index contributed by atoms with van der Waals surface area (Å²) in [5.74, 6) is 0. The van der Waals surface area contributed by atoms with Gasteiger partial charge in [0.2, 0.25) is 0 Å². The Morgan fingerprint density at radius 2 is 2.06 bits per heavy atom. The van der Waals surface area contributed by atoms with E-state index in [4.69, 9.17) is 11.0 Å². The van der Waals surface area contributed by atoms with Gasteiger partial charge < -0.3 is 5.73 Å². The maximum atomic E-state index is 11.5. The predicted molar refractivity (Wildman–Crippen MR) is 60.1 cm³/mol. The van der Waals surface area contributed by atoms with Gasteiger partial charge >= 0.3 is 0 Å². The van der Waals surface area contributed by atoms with E-state index in [1.807, 2.05) is 6.07 Å². The number of allylic oxidation sites excluding steroid dienone is 1. The molecule has 0 amide bonds. The highest BCUT2D eigenvalue weighted by molar-refractivity contribution is 7.93. The van der Waals surface area contributed by atoms with Crippen molar-refractivity contribution in [2.75, 3.05) is 0 Å². The van der Waals surface area contributed by atoms with Gasteiger partial charge in [0.15, 0.2) is 4.91 Å². The first kappa shape index (κ1) is 12.2. The molecule has 0 aliphatic rings. The molecule has 0 fully saturated rings. The molecule has 0 aromatic heterocycles. The Hall–Kier alpha value is -1.84. The number of nitriles is 1. The monoisotopic (exact) mass is 237 g/mol. The van der Waals surface area contributed by atoms with Crippen molar-refractivity contribution < 1.29 is 8.42 Å². The van der Waals surface area contributed by atoms with Gasteiger partial charge in [0.1, 0.15) is 6.07 Å². The van der Waals surface area contributed by atoms with Crippen LogP contribution in [-0.2, 0) is 16.6 Å². The molecule has 0 radical (unpaired) electrons. The number of sulfonamides is 1. The highest BCUT2D eigenvalue weighted by Gasteiger charge is 2.15. The molecule has 1 aromatic carbocycles. The van der Waals surface area contributed by atoms with Crippen LogP contribution in [-0.4, -0.2) is 8.42 Å². The number of rotatable bonds is 4. The quantitative estimate of drug-likeness (QED) is 0.742. The summed E-state index contributed by atoms with van der Waals surface area (Å²) < 4.78 is 25.2. The van der Waals surface area contributed by atoms with Gasteiger partial charge in [-0.05, 0) is 5.56 Å². The molecule has 0 saturated heterocycles. The van der Waals surface area contributed by atoms with E-state index in [1.54, 1.807) is 24.3 Å². The van der Waals surface area contributed by atoms with Crippen molar-refractivity contribution in [2.24, 2.45) is 5.73 Å². The summed E-state index contributed by atoms with van der Waals surface area (Å²) in [6.45, 7) is 0.127. The van der Waals surface area contributed by atoms with Crippen molar-refractivity contribution in [3.8, 4) is 6.07 Å². The van der Waals surface area contributed by atoms with Crippen molar-refractivity contribution >= 4 is 10.0 Å². The average Bonchev–Trinajstić information content (AvgIpc) is 2.29. The first-order valence-corrected chi connectivity index (χ1v) is 5.94. The first-order valence-electron chi connectivity index (χ1n) is 4.45. The molecule has 84 valence electrons. The number of nitrogens with one attached hydrogen (secondary N) is 1. The van der Waals surface area contributed by atoms with E-state index in [-0.39, 0.29) is 6.54 Å². The van der Waals surface area contributed by atoms with Gasteiger partial charge in [0.25, 0.3) is 10.0 Å². The summed E-state index contributed by atoms with van der Waals surface area (Å²) in [6, 6.07) is 10.5. The first-order chi connectivity index (χ1) is 7.60. The molecule has 1 rings (SSSR count). The Bertz CT molecular complexity index is 515. The standard InChI is InChI=1S/C10H11N3O2S/c11-6-10(7-12)16(14,15)13-8-9-4-2-1-3-5-9/h1-6,13H,8,11H2/b10-6+. The fourth-order valence-corrected chi connectivity index (χ4v) is 1.85. The SMILES string of the molecule is N#C/C(=C\N)S(=O)(=O)NCc1ccccc1. The summed E-state index contributed by atoms with van der Waals surface area (Å²) in [6.07, 6.45) is 0.771. The van der Waals surface area contributed by atoms with E-state index in [2.05, 4.69) is 4.72 Å². The number of hydrogen-bond acceptors (Lipinski definition) is 4. The molecule has 1 aromatic rings. The maximum absolute atomic E-state index is 11.5. The maximum Gasteiger partial charge on any atom is 0.252 e. The van der Waals surface area contributed by atoms with E-state index in [0.29, 0.717) is 0 Å².